The maximum Gasteiger partial charge on any atom is 0.310 e. The Morgan fingerprint density at radius 2 is 2.00 bits per heavy atom. The van der Waals surface area contributed by atoms with Crippen LogP contribution in [0.3, 0.4) is 0 Å². The number of nitrogens with zero attached hydrogens (tertiary/aromatic N) is 1. The Morgan fingerprint density at radius 3 is 2.75 bits per heavy atom. The van der Waals surface area contributed by atoms with Gasteiger partial charge in [-0.1, -0.05) is 6.07 Å². The van der Waals surface area contributed by atoms with Crippen LogP contribution in [0.2, 0.25) is 0 Å². The van der Waals surface area contributed by atoms with Crippen molar-refractivity contribution in [1.82, 2.24) is 9.88 Å². The van der Waals surface area contributed by atoms with Crippen molar-refractivity contribution in [3.63, 3.8) is 0 Å². The molecule has 2 saturated heterocycles. The molecule has 2 fully saturated rings. The summed E-state index contributed by atoms with van der Waals surface area (Å²) in [7, 11) is 1.99. The molecule has 6 nitrogen and oxygen atoms in total. The van der Waals surface area contributed by atoms with Gasteiger partial charge in [0.15, 0.2) is 0 Å². The van der Waals surface area contributed by atoms with Crippen LogP contribution in [0.1, 0.15) is 18.4 Å². The van der Waals surface area contributed by atoms with Gasteiger partial charge in [-0.15, -0.1) is 0 Å². The number of carbonyl (C=O) groups is 2. The first-order valence-electron chi connectivity index (χ1n) is 8.24. The largest absolute Gasteiger partial charge is 0.481 e. The zero-order chi connectivity index (χ0) is 16.8. The Bertz CT molecular complexity index is 812. The van der Waals surface area contributed by atoms with Gasteiger partial charge in [-0.3, -0.25) is 9.59 Å². The second-order valence-corrected chi connectivity index (χ2v) is 6.72. The number of carboxylic acid groups (broad SMARTS) is 1. The molecule has 1 aromatic heterocycles. The van der Waals surface area contributed by atoms with Crippen LogP contribution in [0.5, 0.6) is 0 Å². The third-order valence-electron chi connectivity index (χ3n) is 5.28. The van der Waals surface area contributed by atoms with Crippen LogP contribution in [0, 0.1) is 11.8 Å². The smallest absolute Gasteiger partial charge is 0.310 e. The second kappa shape index (κ2) is 5.63. The van der Waals surface area contributed by atoms with Crippen LogP contribution < -0.4 is 5.32 Å². The number of aryl methyl sites for hydroxylation is 1. The number of aromatic nitrogens is 1. The predicted octanol–water partition coefficient (Wildman–Crippen LogP) is 1.67. The van der Waals surface area contributed by atoms with E-state index in [1.807, 2.05) is 42.1 Å². The first-order chi connectivity index (χ1) is 11.5. The van der Waals surface area contributed by atoms with E-state index in [0.29, 0.717) is 6.54 Å². The minimum Gasteiger partial charge on any atom is -0.481 e. The highest BCUT2D eigenvalue weighted by molar-refractivity contribution is 5.87. The van der Waals surface area contributed by atoms with Gasteiger partial charge in [0.05, 0.1) is 24.0 Å². The van der Waals surface area contributed by atoms with Crippen molar-refractivity contribution in [3.8, 4) is 0 Å². The lowest BCUT2D eigenvalue weighted by Gasteiger charge is -2.23. The molecule has 2 aromatic rings. The lowest BCUT2D eigenvalue weighted by Crippen LogP contribution is -2.43. The molecule has 2 aliphatic heterocycles. The monoisotopic (exact) mass is 328 g/mol. The van der Waals surface area contributed by atoms with Crippen molar-refractivity contribution >= 4 is 22.8 Å². The summed E-state index contributed by atoms with van der Waals surface area (Å²) in [5.74, 6) is -2.46. The summed E-state index contributed by atoms with van der Waals surface area (Å²) in [4.78, 5) is 24.0. The summed E-state index contributed by atoms with van der Waals surface area (Å²) < 4.78 is 7.69. The Hall–Kier alpha value is -2.34. The summed E-state index contributed by atoms with van der Waals surface area (Å²) >= 11 is 0. The summed E-state index contributed by atoms with van der Waals surface area (Å²) in [6.07, 6.45) is 2.92. The number of rotatable bonds is 4. The number of hydrogen-bond acceptors (Lipinski definition) is 3. The molecule has 4 atom stereocenters. The van der Waals surface area contributed by atoms with E-state index >= 15 is 0 Å². The van der Waals surface area contributed by atoms with E-state index < -0.39 is 17.8 Å². The molecule has 2 unspecified atom stereocenters. The molecule has 2 N–H and O–H groups in total. The maximum absolute atomic E-state index is 12.5. The number of carbonyl (C=O) groups excluding carboxylic acids is 1. The first kappa shape index (κ1) is 15.2. The molecular formula is C18H20N2O4. The maximum atomic E-state index is 12.5. The van der Waals surface area contributed by atoms with Gasteiger partial charge in [0, 0.05) is 25.3 Å². The van der Waals surface area contributed by atoms with E-state index in [2.05, 4.69) is 5.32 Å². The third-order valence-corrected chi connectivity index (χ3v) is 5.28. The van der Waals surface area contributed by atoms with Crippen molar-refractivity contribution in [2.75, 3.05) is 0 Å². The molecule has 2 aliphatic rings. The Balaban J connectivity index is 1.46. The Morgan fingerprint density at radius 1 is 1.25 bits per heavy atom. The normalized spacial score (nSPS) is 28.4. The van der Waals surface area contributed by atoms with Crippen molar-refractivity contribution < 1.29 is 19.4 Å². The lowest BCUT2D eigenvalue weighted by atomic mass is 9.78. The number of nitrogens with one attached hydrogen (secondary N) is 1. The number of benzene rings is 1. The van der Waals surface area contributed by atoms with Crippen LogP contribution in [-0.2, 0) is 27.9 Å². The second-order valence-electron chi connectivity index (χ2n) is 6.72. The van der Waals surface area contributed by atoms with Crippen molar-refractivity contribution in [2.24, 2.45) is 18.9 Å². The standard InChI is InChI=1S/C18H20N2O4/c1-20-7-6-11-8-10(2-3-12(11)20)9-19-17(21)15-13-4-5-14(24-13)16(15)18(22)23/h2-3,6-8,13-16H,4-5,9H2,1H3,(H,19,21)(H,22,23)/t13-,14+,15?,16?/m1/s1. The molecule has 3 heterocycles. The highest BCUT2D eigenvalue weighted by Crippen LogP contribution is 2.43. The summed E-state index contributed by atoms with van der Waals surface area (Å²) in [5, 5.41) is 13.4. The molecule has 1 amide bonds. The van der Waals surface area contributed by atoms with Gasteiger partial charge < -0.3 is 19.7 Å². The fraction of sp³-hybridized carbons (Fsp3) is 0.444. The SMILES string of the molecule is Cn1ccc2cc(CNC(=O)C3C(C(=O)O)[C@@H]4CC[C@H]3O4)ccc21. The molecular weight excluding hydrogens is 308 g/mol. The minimum absolute atomic E-state index is 0.220. The summed E-state index contributed by atoms with van der Waals surface area (Å²) in [6, 6.07) is 8.08. The zero-order valence-corrected chi connectivity index (χ0v) is 13.4. The fourth-order valence-electron chi connectivity index (χ4n) is 4.07. The number of hydrogen-bond donors (Lipinski definition) is 2. The highest BCUT2D eigenvalue weighted by atomic mass is 16.5. The van der Waals surface area contributed by atoms with E-state index in [9.17, 15) is 14.7 Å². The van der Waals surface area contributed by atoms with Crippen molar-refractivity contribution in [3.05, 3.63) is 36.0 Å². The Labute approximate surface area is 139 Å². The third kappa shape index (κ3) is 2.38. The van der Waals surface area contributed by atoms with Crippen LogP contribution >= 0.6 is 0 Å². The number of aliphatic carboxylic acids is 1. The van der Waals surface area contributed by atoms with Crippen LogP contribution in [0.4, 0.5) is 0 Å². The molecule has 4 rings (SSSR count). The molecule has 0 radical (unpaired) electrons. The van der Waals surface area contributed by atoms with Gasteiger partial charge in [-0.25, -0.2) is 0 Å². The van der Waals surface area contributed by atoms with Gasteiger partial charge in [-0.05, 0) is 42.0 Å². The van der Waals surface area contributed by atoms with Crippen molar-refractivity contribution in [2.45, 2.75) is 31.6 Å². The average molecular weight is 328 g/mol. The zero-order valence-electron chi connectivity index (χ0n) is 13.4. The van der Waals surface area contributed by atoms with Gasteiger partial charge in [0.2, 0.25) is 5.91 Å². The highest BCUT2D eigenvalue weighted by Gasteiger charge is 2.55. The average Bonchev–Trinajstić information content (AvgIpc) is 3.27. The molecule has 0 saturated carbocycles. The number of fused-ring (bicyclic) bond motifs is 3. The van der Waals surface area contributed by atoms with Crippen LogP contribution in [0.15, 0.2) is 30.5 Å². The summed E-state index contributed by atoms with van der Waals surface area (Å²) in [6.45, 7) is 0.393. The molecule has 6 heteroatoms. The van der Waals surface area contributed by atoms with E-state index in [4.69, 9.17) is 4.74 Å². The molecule has 0 spiro atoms. The lowest BCUT2D eigenvalue weighted by molar-refractivity contribution is -0.147. The van der Waals surface area contributed by atoms with Gasteiger partial charge in [0.25, 0.3) is 0 Å². The topological polar surface area (TPSA) is 80.6 Å². The molecule has 1 aromatic carbocycles. The number of amides is 1. The molecule has 126 valence electrons. The van der Waals surface area contributed by atoms with Gasteiger partial charge in [0.1, 0.15) is 0 Å². The van der Waals surface area contributed by atoms with E-state index in [-0.39, 0.29) is 18.1 Å². The van der Waals surface area contributed by atoms with Crippen LogP contribution in [0.25, 0.3) is 10.9 Å². The van der Waals surface area contributed by atoms with Crippen LogP contribution in [-0.4, -0.2) is 33.8 Å². The quantitative estimate of drug-likeness (QED) is 0.895. The van der Waals surface area contributed by atoms with E-state index in [1.54, 1.807) is 0 Å². The summed E-state index contributed by atoms with van der Waals surface area (Å²) in [5.41, 5.74) is 2.13. The number of carboxylic acids is 1. The van der Waals surface area contributed by atoms with E-state index in [1.165, 1.54) is 0 Å². The number of ether oxygens (including phenoxy) is 1. The van der Waals surface area contributed by atoms with Crippen molar-refractivity contribution in [1.29, 1.82) is 0 Å². The van der Waals surface area contributed by atoms with Gasteiger partial charge in [-0.2, -0.15) is 0 Å². The molecule has 0 aliphatic carbocycles. The first-order valence-corrected chi connectivity index (χ1v) is 8.24. The molecule has 2 bridgehead atoms. The van der Waals surface area contributed by atoms with E-state index in [0.717, 1.165) is 29.3 Å². The Kier molecular flexibility index (Phi) is 3.57. The van der Waals surface area contributed by atoms with Gasteiger partial charge >= 0.3 is 5.97 Å². The minimum atomic E-state index is -0.937. The fourth-order valence-corrected chi connectivity index (χ4v) is 4.07. The predicted molar refractivity (Wildman–Crippen MR) is 87.3 cm³/mol. The molecule has 24 heavy (non-hydrogen) atoms.